The molecule has 1 heterocycles. The van der Waals surface area contributed by atoms with Crippen LogP contribution in [-0.4, -0.2) is 26.5 Å². The molecule has 2 aromatic carbocycles. The van der Waals surface area contributed by atoms with Crippen molar-refractivity contribution < 1.29 is 10.0 Å². The lowest BCUT2D eigenvalue weighted by atomic mass is 9.96. The maximum Gasteiger partial charge on any atom is 0.293 e. The zero-order valence-electron chi connectivity index (χ0n) is 13.7. The van der Waals surface area contributed by atoms with Crippen molar-refractivity contribution in [2.24, 2.45) is 0 Å². The number of rotatable bonds is 5. The van der Waals surface area contributed by atoms with E-state index < -0.39 is 16.1 Å². The summed E-state index contributed by atoms with van der Waals surface area (Å²) in [5.74, 6) is 0. The SMILES string of the molecule is CC(O)(CNc1cc2nc[nH]c(=O)c2cc1[N+](=O)[O-])c1ccccc1Cl. The molecule has 1 aromatic heterocycles. The van der Waals surface area contributed by atoms with Crippen molar-refractivity contribution in [3.63, 3.8) is 0 Å². The Balaban J connectivity index is 1.98. The average Bonchev–Trinajstić information content (AvgIpc) is 2.60. The van der Waals surface area contributed by atoms with Gasteiger partial charge in [-0.3, -0.25) is 14.9 Å². The Hall–Kier alpha value is -2.97. The summed E-state index contributed by atoms with van der Waals surface area (Å²) in [6.45, 7) is 1.52. The van der Waals surface area contributed by atoms with E-state index in [1.807, 2.05) is 0 Å². The third-order valence-corrected chi connectivity index (χ3v) is 4.36. The summed E-state index contributed by atoms with van der Waals surface area (Å²) in [6.07, 6.45) is 1.22. The van der Waals surface area contributed by atoms with Crippen LogP contribution in [0.1, 0.15) is 12.5 Å². The van der Waals surface area contributed by atoms with E-state index in [-0.39, 0.29) is 23.3 Å². The zero-order valence-corrected chi connectivity index (χ0v) is 14.4. The van der Waals surface area contributed by atoms with Gasteiger partial charge in [0.15, 0.2) is 0 Å². The number of aliphatic hydroxyl groups is 1. The molecule has 0 aliphatic heterocycles. The van der Waals surface area contributed by atoms with E-state index in [2.05, 4.69) is 15.3 Å². The van der Waals surface area contributed by atoms with Gasteiger partial charge in [-0.25, -0.2) is 4.98 Å². The molecule has 0 saturated carbocycles. The third-order valence-electron chi connectivity index (χ3n) is 4.03. The highest BCUT2D eigenvalue weighted by Gasteiger charge is 2.27. The van der Waals surface area contributed by atoms with Crippen molar-refractivity contribution in [3.05, 3.63) is 73.8 Å². The van der Waals surface area contributed by atoms with E-state index >= 15 is 0 Å². The van der Waals surface area contributed by atoms with Crippen LogP contribution >= 0.6 is 11.6 Å². The molecule has 0 aliphatic carbocycles. The second kappa shape index (κ2) is 6.74. The van der Waals surface area contributed by atoms with Gasteiger partial charge in [0.05, 0.1) is 22.2 Å². The second-order valence-corrected chi connectivity index (χ2v) is 6.39. The first-order chi connectivity index (χ1) is 12.3. The Labute approximate surface area is 152 Å². The molecule has 0 spiro atoms. The highest BCUT2D eigenvalue weighted by Crippen LogP contribution is 2.31. The quantitative estimate of drug-likeness (QED) is 0.466. The Morgan fingerprint density at radius 3 is 2.81 bits per heavy atom. The van der Waals surface area contributed by atoms with Crippen molar-refractivity contribution in [1.29, 1.82) is 0 Å². The number of nitrogens with one attached hydrogen (secondary N) is 2. The molecule has 0 amide bonds. The number of anilines is 1. The number of H-pyrrole nitrogens is 1. The molecule has 26 heavy (non-hydrogen) atoms. The van der Waals surface area contributed by atoms with Crippen molar-refractivity contribution in [1.82, 2.24) is 9.97 Å². The summed E-state index contributed by atoms with van der Waals surface area (Å²) in [6, 6.07) is 9.39. The molecule has 0 fully saturated rings. The molecule has 0 bridgehead atoms. The summed E-state index contributed by atoms with van der Waals surface area (Å²) >= 11 is 6.12. The summed E-state index contributed by atoms with van der Waals surface area (Å²) in [7, 11) is 0. The van der Waals surface area contributed by atoms with Gasteiger partial charge >= 0.3 is 0 Å². The van der Waals surface area contributed by atoms with Crippen molar-refractivity contribution in [2.75, 3.05) is 11.9 Å². The summed E-state index contributed by atoms with van der Waals surface area (Å²) < 4.78 is 0. The summed E-state index contributed by atoms with van der Waals surface area (Å²) in [4.78, 5) is 29.0. The fraction of sp³-hybridized carbons (Fsp3) is 0.176. The Morgan fingerprint density at radius 1 is 1.38 bits per heavy atom. The smallest absolute Gasteiger partial charge is 0.293 e. The lowest BCUT2D eigenvalue weighted by Gasteiger charge is -2.25. The fourth-order valence-corrected chi connectivity index (χ4v) is 3.00. The number of nitro groups is 1. The monoisotopic (exact) mass is 374 g/mol. The standard InChI is InChI=1S/C17H15ClN4O4/c1-17(24,11-4-2-3-5-12(11)18)8-19-14-7-13-10(6-15(14)22(25)26)16(23)21-9-20-13/h2-7,9,19,24H,8H2,1H3,(H,20,21,23). The number of fused-ring (bicyclic) bond motifs is 1. The number of aromatic amines is 1. The summed E-state index contributed by atoms with van der Waals surface area (Å²) in [5, 5.41) is 25.5. The van der Waals surface area contributed by atoms with Crippen molar-refractivity contribution in [2.45, 2.75) is 12.5 Å². The largest absolute Gasteiger partial charge is 0.384 e. The molecular formula is C17H15ClN4O4. The van der Waals surface area contributed by atoms with Crippen LogP contribution in [0.25, 0.3) is 10.9 Å². The predicted octanol–water partition coefficient (Wildman–Crippen LogP) is 2.80. The number of halogens is 1. The van der Waals surface area contributed by atoms with Crippen LogP contribution in [-0.2, 0) is 5.60 Å². The molecule has 3 N–H and O–H groups in total. The van der Waals surface area contributed by atoms with Crippen LogP contribution in [0.2, 0.25) is 5.02 Å². The Morgan fingerprint density at radius 2 is 2.12 bits per heavy atom. The van der Waals surface area contributed by atoms with Crippen molar-refractivity contribution >= 4 is 33.9 Å². The molecule has 1 unspecified atom stereocenters. The van der Waals surface area contributed by atoms with Gasteiger partial charge in [0.2, 0.25) is 0 Å². The molecular weight excluding hydrogens is 360 g/mol. The van der Waals surface area contributed by atoms with Crippen LogP contribution in [0, 0.1) is 10.1 Å². The second-order valence-electron chi connectivity index (χ2n) is 5.98. The topological polar surface area (TPSA) is 121 Å². The molecule has 1 atom stereocenters. The minimum Gasteiger partial charge on any atom is -0.384 e. The molecule has 8 nitrogen and oxygen atoms in total. The van der Waals surface area contributed by atoms with Gasteiger partial charge in [-0.15, -0.1) is 0 Å². The fourth-order valence-electron chi connectivity index (χ4n) is 2.66. The normalized spacial score (nSPS) is 13.3. The minimum atomic E-state index is -1.37. The highest BCUT2D eigenvalue weighted by molar-refractivity contribution is 6.31. The first-order valence-electron chi connectivity index (χ1n) is 7.67. The lowest BCUT2D eigenvalue weighted by molar-refractivity contribution is -0.383. The van der Waals surface area contributed by atoms with E-state index in [4.69, 9.17) is 11.6 Å². The van der Waals surface area contributed by atoms with Gasteiger partial charge in [-0.05, 0) is 19.1 Å². The first-order valence-corrected chi connectivity index (χ1v) is 8.04. The van der Waals surface area contributed by atoms with E-state index in [0.717, 1.165) is 6.07 Å². The van der Waals surface area contributed by atoms with Crippen LogP contribution in [0.4, 0.5) is 11.4 Å². The van der Waals surface area contributed by atoms with Crippen LogP contribution in [0.5, 0.6) is 0 Å². The van der Waals surface area contributed by atoms with Crippen LogP contribution in [0.3, 0.4) is 0 Å². The number of hydrogen-bond donors (Lipinski definition) is 3. The van der Waals surface area contributed by atoms with E-state index in [1.165, 1.54) is 12.4 Å². The number of hydrogen-bond acceptors (Lipinski definition) is 6. The molecule has 0 radical (unpaired) electrons. The molecule has 134 valence electrons. The first kappa shape index (κ1) is 17.8. The molecule has 3 rings (SSSR count). The third kappa shape index (κ3) is 3.37. The minimum absolute atomic E-state index is 0.0354. The van der Waals surface area contributed by atoms with Gasteiger partial charge in [0.1, 0.15) is 11.3 Å². The number of aromatic nitrogens is 2. The molecule has 0 aliphatic rings. The number of benzene rings is 2. The predicted molar refractivity (Wildman–Crippen MR) is 98.5 cm³/mol. The maximum atomic E-state index is 11.8. The van der Waals surface area contributed by atoms with Gasteiger partial charge in [0, 0.05) is 23.2 Å². The van der Waals surface area contributed by atoms with Crippen LogP contribution in [0.15, 0.2) is 47.5 Å². The van der Waals surface area contributed by atoms with E-state index in [9.17, 15) is 20.0 Å². The molecule has 9 heteroatoms. The van der Waals surface area contributed by atoms with E-state index in [0.29, 0.717) is 16.1 Å². The summed E-state index contributed by atoms with van der Waals surface area (Å²) in [5.41, 5.74) is -1.18. The molecule has 0 saturated heterocycles. The Kier molecular flexibility index (Phi) is 4.62. The maximum absolute atomic E-state index is 11.8. The van der Waals surface area contributed by atoms with Gasteiger partial charge in [0.25, 0.3) is 11.2 Å². The van der Waals surface area contributed by atoms with Crippen LogP contribution < -0.4 is 10.9 Å². The highest BCUT2D eigenvalue weighted by atomic mass is 35.5. The number of nitrogens with zero attached hydrogens (tertiary/aromatic N) is 2. The van der Waals surface area contributed by atoms with Gasteiger partial charge in [-0.1, -0.05) is 29.8 Å². The van der Waals surface area contributed by atoms with Gasteiger partial charge < -0.3 is 15.4 Å². The molecule has 3 aromatic rings. The van der Waals surface area contributed by atoms with Gasteiger partial charge in [-0.2, -0.15) is 0 Å². The number of nitro benzene ring substituents is 1. The average molecular weight is 375 g/mol. The van der Waals surface area contributed by atoms with Crippen molar-refractivity contribution in [3.8, 4) is 0 Å². The lowest BCUT2D eigenvalue weighted by Crippen LogP contribution is -2.31. The zero-order chi connectivity index (χ0) is 18.9. The van der Waals surface area contributed by atoms with E-state index in [1.54, 1.807) is 31.2 Å². The Bertz CT molecular complexity index is 1050.